The fourth-order valence-corrected chi connectivity index (χ4v) is 2.13. The Balaban J connectivity index is 1.91. The number of benzene rings is 1. The number of aryl methyl sites for hydroxylation is 1. The molecular weight excluding hydrogens is 270 g/mol. The zero-order valence-corrected chi connectivity index (χ0v) is 10.8. The highest BCUT2D eigenvalue weighted by Crippen LogP contribution is 2.25. The fourth-order valence-electron chi connectivity index (χ4n) is 1.52. The summed E-state index contributed by atoms with van der Waals surface area (Å²) in [6, 6.07) is 5.82. The molecule has 16 heavy (non-hydrogen) atoms. The number of hydrogen-bond acceptors (Lipinski definition) is 2. The summed E-state index contributed by atoms with van der Waals surface area (Å²) < 4.78 is 6.36. The molecule has 1 amide bonds. The molecular formula is C12H14BrNO2. The van der Waals surface area contributed by atoms with Gasteiger partial charge in [-0.15, -0.1) is 0 Å². The van der Waals surface area contributed by atoms with Crippen molar-refractivity contribution >= 4 is 21.8 Å². The molecule has 1 aromatic carbocycles. The first-order valence-electron chi connectivity index (χ1n) is 5.33. The van der Waals surface area contributed by atoms with Crippen molar-refractivity contribution in [3.05, 3.63) is 28.2 Å². The van der Waals surface area contributed by atoms with Crippen LogP contribution < -0.4 is 4.74 Å². The summed E-state index contributed by atoms with van der Waals surface area (Å²) in [7, 11) is 0. The summed E-state index contributed by atoms with van der Waals surface area (Å²) in [6.07, 6.45) is 1.11. The van der Waals surface area contributed by atoms with Gasteiger partial charge in [0.1, 0.15) is 5.75 Å². The van der Waals surface area contributed by atoms with E-state index in [4.69, 9.17) is 4.74 Å². The minimum atomic E-state index is 0.0683. The van der Waals surface area contributed by atoms with Gasteiger partial charge in [0.25, 0.3) is 5.91 Å². The Labute approximate surface area is 104 Å². The third-order valence-corrected chi connectivity index (χ3v) is 3.27. The predicted octanol–water partition coefficient (Wildman–Crippen LogP) is 2.37. The lowest BCUT2D eigenvalue weighted by Gasteiger charge is -2.30. The standard InChI is InChI=1S/C12H14BrNO2/c1-9-3-4-11(10(13)7-9)16-8-12(15)14-5-2-6-14/h3-4,7H,2,5-6,8H2,1H3. The molecule has 1 aliphatic rings. The molecule has 0 aromatic heterocycles. The Hall–Kier alpha value is -1.03. The van der Waals surface area contributed by atoms with E-state index in [1.54, 1.807) is 0 Å². The molecule has 3 nitrogen and oxygen atoms in total. The molecule has 0 N–H and O–H groups in total. The lowest BCUT2D eigenvalue weighted by Crippen LogP contribution is -2.44. The van der Waals surface area contributed by atoms with Gasteiger partial charge in [0.05, 0.1) is 4.47 Å². The van der Waals surface area contributed by atoms with Gasteiger partial charge in [0.2, 0.25) is 0 Å². The van der Waals surface area contributed by atoms with Crippen LogP contribution in [0.3, 0.4) is 0 Å². The number of carbonyl (C=O) groups excluding carboxylic acids is 1. The van der Waals surface area contributed by atoms with Gasteiger partial charge < -0.3 is 9.64 Å². The van der Waals surface area contributed by atoms with Crippen LogP contribution in [0.25, 0.3) is 0 Å². The van der Waals surface area contributed by atoms with E-state index in [0.717, 1.165) is 35.3 Å². The van der Waals surface area contributed by atoms with Gasteiger partial charge in [-0.1, -0.05) is 6.07 Å². The second-order valence-electron chi connectivity index (χ2n) is 3.96. The lowest BCUT2D eigenvalue weighted by molar-refractivity contribution is -0.136. The monoisotopic (exact) mass is 283 g/mol. The van der Waals surface area contributed by atoms with Crippen molar-refractivity contribution in [1.29, 1.82) is 0 Å². The molecule has 1 saturated heterocycles. The summed E-state index contributed by atoms with van der Waals surface area (Å²) >= 11 is 3.42. The van der Waals surface area contributed by atoms with Crippen LogP contribution in [0.15, 0.2) is 22.7 Å². The van der Waals surface area contributed by atoms with Gasteiger partial charge in [-0.3, -0.25) is 4.79 Å². The van der Waals surface area contributed by atoms with E-state index in [-0.39, 0.29) is 12.5 Å². The maximum absolute atomic E-state index is 11.6. The van der Waals surface area contributed by atoms with E-state index in [9.17, 15) is 4.79 Å². The third kappa shape index (κ3) is 2.55. The summed E-state index contributed by atoms with van der Waals surface area (Å²) in [5.41, 5.74) is 1.16. The molecule has 4 heteroatoms. The number of rotatable bonds is 3. The van der Waals surface area contributed by atoms with E-state index in [2.05, 4.69) is 15.9 Å². The number of nitrogens with zero attached hydrogens (tertiary/aromatic N) is 1. The van der Waals surface area contributed by atoms with Crippen LogP contribution in [0.4, 0.5) is 0 Å². The number of carbonyl (C=O) groups is 1. The van der Waals surface area contributed by atoms with E-state index < -0.39 is 0 Å². The Kier molecular flexibility index (Phi) is 3.49. The molecule has 1 aliphatic heterocycles. The number of hydrogen-bond donors (Lipinski definition) is 0. The quantitative estimate of drug-likeness (QED) is 0.852. The summed E-state index contributed by atoms with van der Waals surface area (Å²) in [4.78, 5) is 13.4. The average Bonchev–Trinajstić information content (AvgIpc) is 2.13. The minimum Gasteiger partial charge on any atom is -0.483 e. The average molecular weight is 284 g/mol. The van der Waals surface area contributed by atoms with Crippen molar-refractivity contribution in [3.8, 4) is 5.75 Å². The molecule has 0 spiro atoms. The van der Waals surface area contributed by atoms with Crippen molar-refractivity contribution in [2.24, 2.45) is 0 Å². The zero-order chi connectivity index (χ0) is 11.5. The maximum atomic E-state index is 11.6. The highest BCUT2D eigenvalue weighted by Gasteiger charge is 2.20. The summed E-state index contributed by atoms with van der Waals surface area (Å²) in [6.45, 7) is 3.88. The van der Waals surface area contributed by atoms with Gasteiger partial charge in [-0.05, 0) is 47.0 Å². The minimum absolute atomic E-state index is 0.0683. The predicted molar refractivity (Wildman–Crippen MR) is 65.6 cm³/mol. The van der Waals surface area contributed by atoms with E-state index >= 15 is 0 Å². The van der Waals surface area contributed by atoms with Gasteiger partial charge in [0.15, 0.2) is 6.61 Å². The molecule has 0 saturated carbocycles. The van der Waals surface area contributed by atoms with Crippen LogP contribution in [0.5, 0.6) is 5.75 Å². The largest absolute Gasteiger partial charge is 0.483 e. The summed E-state index contributed by atoms with van der Waals surface area (Å²) in [5, 5.41) is 0. The Morgan fingerprint density at radius 2 is 2.25 bits per heavy atom. The van der Waals surface area contributed by atoms with Crippen LogP contribution in [-0.2, 0) is 4.79 Å². The molecule has 1 aromatic rings. The van der Waals surface area contributed by atoms with Gasteiger partial charge >= 0.3 is 0 Å². The van der Waals surface area contributed by atoms with Crippen LogP contribution in [0, 0.1) is 6.92 Å². The molecule has 0 bridgehead atoms. The van der Waals surface area contributed by atoms with Crippen molar-refractivity contribution in [2.75, 3.05) is 19.7 Å². The number of halogens is 1. The highest BCUT2D eigenvalue weighted by molar-refractivity contribution is 9.10. The maximum Gasteiger partial charge on any atom is 0.260 e. The Bertz CT molecular complexity index is 402. The van der Waals surface area contributed by atoms with E-state index in [0.29, 0.717) is 0 Å². The molecule has 86 valence electrons. The Morgan fingerprint density at radius 3 is 2.81 bits per heavy atom. The molecule has 0 atom stereocenters. The van der Waals surface area contributed by atoms with Crippen molar-refractivity contribution in [1.82, 2.24) is 4.90 Å². The van der Waals surface area contributed by atoms with E-state index in [1.165, 1.54) is 0 Å². The lowest BCUT2D eigenvalue weighted by atomic mass is 10.2. The second-order valence-corrected chi connectivity index (χ2v) is 4.81. The first-order valence-corrected chi connectivity index (χ1v) is 6.13. The molecule has 2 rings (SSSR count). The topological polar surface area (TPSA) is 29.5 Å². The van der Waals surface area contributed by atoms with Crippen molar-refractivity contribution in [2.45, 2.75) is 13.3 Å². The van der Waals surface area contributed by atoms with Crippen LogP contribution in [-0.4, -0.2) is 30.5 Å². The zero-order valence-electron chi connectivity index (χ0n) is 9.20. The molecule has 0 unspecified atom stereocenters. The smallest absolute Gasteiger partial charge is 0.260 e. The second kappa shape index (κ2) is 4.87. The number of amides is 1. The van der Waals surface area contributed by atoms with Crippen LogP contribution in [0.2, 0.25) is 0 Å². The van der Waals surface area contributed by atoms with Gasteiger partial charge in [0, 0.05) is 13.1 Å². The molecule has 1 fully saturated rings. The Morgan fingerprint density at radius 1 is 1.50 bits per heavy atom. The SMILES string of the molecule is Cc1ccc(OCC(=O)N2CCC2)c(Br)c1. The first kappa shape index (κ1) is 11.5. The van der Waals surface area contributed by atoms with Gasteiger partial charge in [-0.2, -0.15) is 0 Å². The van der Waals surface area contributed by atoms with Gasteiger partial charge in [-0.25, -0.2) is 0 Å². The highest BCUT2D eigenvalue weighted by atomic mass is 79.9. The third-order valence-electron chi connectivity index (χ3n) is 2.65. The number of ether oxygens (including phenoxy) is 1. The van der Waals surface area contributed by atoms with Crippen LogP contribution >= 0.6 is 15.9 Å². The molecule has 0 aliphatic carbocycles. The van der Waals surface area contributed by atoms with Crippen molar-refractivity contribution < 1.29 is 9.53 Å². The normalized spacial score (nSPS) is 14.5. The molecule has 0 radical (unpaired) electrons. The van der Waals surface area contributed by atoms with E-state index in [1.807, 2.05) is 30.0 Å². The fraction of sp³-hybridized carbons (Fsp3) is 0.417. The number of likely N-dealkylation sites (tertiary alicyclic amines) is 1. The molecule has 1 heterocycles. The summed E-state index contributed by atoms with van der Waals surface area (Å²) in [5.74, 6) is 0.790. The van der Waals surface area contributed by atoms with Crippen molar-refractivity contribution in [3.63, 3.8) is 0 Å². The van der Waals surface area contributed by atoms with Crippen LogP contribution in [0.1, 0.15) is 12.0 Å². The first-order chi connectivity index (χ1) is 7.66.